The maximum atomic E-state index is 13.6. The van der Waals surface area contributed by atoms with Crippen molar-refractivity contribution in [3.63, 3.8) is 0 Å². The van der Waals surface area contributed by atoms with Crippen LogP contribution in [0.1, 0.15) is 297 Å². The van der Waals surface area contributed by atoms with Gasteiger partial charge in [0, 0.05) is 12.8 Å². The Labute approximate surface area is 483 Å². The highest BCUT2D eigenvalue weighted by molar-refractivity contribution is 7.45. The van der Waals surface area contributed by atoms with Gasteiger partial charge in [-0.3, -0.25) is 14.2 Å². The lowest BCUT2D eigenvalue weighted by Crippen LogP contribution is -2.47. The zero-order valence-electron chi connectivity index (χ0n) is 51.9. The Balaban J connectivity index is 5.15. The van der Waals surface area contributed by atoms with Crippen LogP contribution < -0.4 is 10.2 Å². The van der Waals surface area contributed by atoms with Gasteiger partial charge in [0.2, 0.25) is 5.91 Å². The van der Waals surface area contributed by atoms with Gasteiger partial charge in [0.05, 0.1) is 33.8 Å². The number of hydrogen-bond acceptors (Lipinski definition) is 7. The summed E-state index contributed by atoms with van der Waals surface area (Å²) in [6, 6.07) is -0.892. The summed E-state index contributed by atoms with van der Waals surface area (Å²) in [7, 11) is 1.18. The first-order valence-electron chi connectivity index (χ1n) is 32.7. The smallest absolute Gasteiger partial charge is 0.306 e. The van der Waals surface area contributed by atoms with Gasteiger partial charge in [-0.15, -0.1) is 0 Å². The van der Waals surface area contributed by atoms with Crippen LogP contribution in [0, 0.1) is 0 Å². The van der Waals surface area contributed by atoms with Crippen LogP contribution in [-0.2, 0) is 27.9 Å². The highest BCUT2D eigenvalue weighted by atomic mass is 31.2. The Morgan fingerprint density at radius 1 is 0.462 bits per heavy atom. The second kappa shape index (κ2) is 57.7. The molecule has 0 aliphatic heterocycles. The van der Waals surface area contributed by atoms with E-state index in [-0.39, 0.29) is 24.9 Å². The van der Waals surface area contributed by atoms with Crippen LogP contribution in [-0.4, -0.2) is 69.4 Å². The van der Waals surface area contributed by atoms with E-state index >= 15 is 0 Å². The minimum absolute atomic E-state index is 0.0242. The molecule has 0 saturated carbocycles. The van der Waals surface area contributed by atoms with Crippen molar-refractivity contribution in [2.45, 2.75) is 309 Å². The number of hydrogen-bond donors (Lipinski definition) is 1. The number of amides is 1. The number of quaternary nitrogens is 1. The van der Waals surface area contributed by atoms with E-state index in [0.717, 1.165) is 103 Å². The molecule has 1 N–H and O–H groups in total. The molecule has 0 aliphatic carbocycles. The first-order chi connectivity index (χ1) is 37.9. The number of rotatable bonds is 59. The zero-order chi connectivity index (χ0) is 57.2. The van der Waals surface area contributed by atoms with E-state index in [0.29, 0.717) is 17.4 Å². The largest absolute Gasteiger partial charge is 0.756 e. The highest BCUT2D eigenvalue weighted by Gasteiger charge is 2.27. The molecule has 9 nitrogen and oxygen atoms in total. The Bertz CT molecular complexity index is 1570. The number of likely N-dealkylation sites (N-methyl/N-ethyl adjacent to an activating group) is 1. The molecule has 0 heterocycles. The maximum Gasteiger partial charge on any atom is 0.306 e. The fourth-order valence-electron chi connectivity index (χ4n) is 9.37. The van der Waals surface area contributed by atoms with Crippen LogP contribution in [0.3, 0.4) is 0 Å². The summed E-state index contributed by atoms with van der Waals surface area (Å²) >= 11 is 0. The summed E-state index contributed by atoms with van der Waals surface area (Å²) in [6.45, 7) is 6.75. The quantitative estimate of drug-likeness (QED) is 0.0212. The number of phosphoric acid groups is 1. The van der Waals surface area contributed by atoms with Crippen molar-refractivity contribution < 1.29 is 37.3 Å². The number of ether oxygens (including phenoxy) is 1. The minimum atomic E-state index is -4.70. The van der Waals surface area contributed by atoms with Gasteiger partial charge in [-0.05, 0) is 76.7 Å². The Morgan fingerprint density at radius 2 is 0.821 bits per heavy atom. The van der Waals surface area contributed by atoms with Gasteiger partial charge in [0.25, 0.3) is 7.82 Å². The van der Waals surface area contributed by atoms with Crippen LogP contribution in [0.5, 0.6) is 0 Å². The molecule has 454 valence electrons. The lowest BCUT2D eigenvalue weighted by molar-refractivity contribution is -0.870. The maximum absolute atomic E-state index is 13.6. The van der Waals surface area contributed by atoms with Crippen molar-refractivity contribution in [2.75, 3.05) is 40.9 Å². The monoisotopic (exact) mass is 1110 g/mol. The first-order valence-corrected chi connectivity index (χ1v) is 34.2. The van der Waals surface area contributed by atoms with Crippen molar-refractivity contribution >= 4 is 19.7 Å². The molecule has 0 rings (SSSR count). The van der Waals surface area contributed by atoms with Gasteiger partial charge in [-0.1, -0.05) is 280 Å². The summed E-state index contributed by atoms with van der Waals surface area (Å²) in [5, 5.41) is 3.03. The van der Waals surface area contributed by atoms with Gasteiger partial charge >= 0.3 is 5.97 Å². The topological polar surface area (TPSA) is 114 Å². The Morgan fingerprint density at radius 3 is 1.23 bits per heavy atom. The number of carbonyl (C=O) groups is 2. The van der Waals surface area contributed by atoms with Gasteiger partial charge in [-0.2, -0.15) is 0 Å². The van der Waals surface area contributed by atoms with E-state index in [1.165, 1.54) is 161 Å². The predicted molar refractivity (Wildman–Crippen MR) is 335 cm³/mol. The fourth-order valence-corrected chi connectivity index (χ4v) is 10.1. The van der Waals surface area contributed by atoms with Crippen LogP contribution >= 0.6 is 7.82 Å². The number of esters is 1. The first kappa shape index (κ1) is 75.5. The molecular weight excluding hydrogens is 988 g/mol. The number of nitrogens with one attached hydrogen (secondary N) is 1. The Hall–Kier alpha value is -2.55. The Kier molecular flexibility index (Phi) is 55.8. The van der Waals surface area contributed by atoms with Crippen LogP contribution in [0.25, 0.3) is 0 Å². The lowest BCUT2D eigenvalue weighted by atomic mass is 10.0. The van der Waals surface area contributed by atoms with E-state index in [1.54, 1.807) is 0 Å². The fraction of sp³-hybridized carbons (Fsp3) is 0.794. The molecule has 0 fully saturated rings. The third-order valence-corrected chi connectivity index (χ3v) is 15.4. The average molecular weight is 1110 g/mol. The molecule has 0 spiro atoms. The number of carbonyl (C=O) groups excluding carboxylic acids is 2. The van der Waals surface area contributed by atoms with E-state index in [1.807, 2.05) is 33.3 Å². The molecule has 0 aromatic rings. The number of allylic oxidation sites excluding steroid dienone is 11. The van der Waals surface area contributed by atoms with Crippen molar-refractivity contribution in [3.05, 3.63) is 72.9 Å². The lowest BCUT2D eigenvalue weighted by Gasteiger charge is -2.30. The molecule has 10 heteroatoms. The number of unbranched alkanes of at least 4 members (excludes halogenated alkanes) is 33. The molecule has 3 atom stereocenters. The third kappa shape index (κ3) is 58.1. The predicted octanol–water partition coefficient (Wildman–Crippen LogP) is 19.8. The second-order valence-electron chi connectivity index (χ2n) is 23.2. The summed E-state index contributed by atoms with van der Waals surface area (Å²) in [5.74, 6) is -0.540. The van der Waals surface area contributed by atoms with Crippen molar-refractivity contribution in [1.29, 1.82) is 0 Å². The summed E-state index contributed by atoms with van der Waals surface area (Å²) in [4.78, 5) is 40.0. The van der Waals surface area contributed by atoms with Gasteiger partial charge in [0.15, 0.2) is 0 Å². The zero-order valence-corrected chi connectivity index (χ0v) is 52.8. The van der Waals surface area contributed by atoms with Crippen molar-refractivity contribution in [2.24, 2.45) is 0 Å². The second-order valence-corrected chi connectivity index (χ2v) is 24.7. The SMILES string of the molecule is CC/C=C\C/C=C\C/C=C\C/C=C\C/C=C\CCCCCCCCCCCC(=O)NC(COP(=O)([O-])OCC[N+](C)(C)C)C(/C=C\CCCCCCCCCCCCC)OC(=O)CCCCCCCCCCCCCCCC. The summed E-state index contributed by atoms with van der Waals surface area (Å²) < 4.78 is 30.4. The van der Waals surface area contributed by atoms with E-state index in [4.69, 9.17) is 13.8 Å². The molecule has 0 saturated heterocycles. The average Bonchev–Trinajstić information content (AvgIpc) is 3.40. The highest BCUT2D eigenvalue weighted by Crippen LogP contribution is 2.38. The van der Waals surface area contributed by atoms with Crippen LogP contribution in [0.15, 0.2) is 72.9 Å². The van der Waals surface area contributed by atoms with Crippen LogP contribution in [0.2, 0.25) is 0 Å². The summed E-state index contributed by atoms with van der Waals surface area (Å²) in [6.07, 6.45) is 74.4. The minimum Gasteiger partial charge on any atom is -0.756 e. The molecule has 78 heavy (non-hydrogen) atoms. The van der Waals surface area contributed by atoms with E-state index < -0.39 is 26.6 Å². The molecule has 3 unspecified atom stereocenters. The molecule has 0 aliphatic rings. The summed E-state index contributed by atoms with van der Waals surface area (Å²) in [5.41, 5.74) is 0. The molecule has 0 radical (unpaired) electrons. The van der Waals surface area contributed by atoms with Crippen molar-refractivity contribution in [1.82, 2.24) is 5.32 Å². The van der Waals surface area contributed by atoms with Crippen molar-refractivity contribution in [3.8, 4) is 0 Å². The van der Waals surface area contributed by atoms with Crippen LogP contribution in [0.4, 0.5) is 0 Å². The number of phosphoric ester groups is 1. The van der Waals surface area contributed by atoms with Gasteiger partial charge < -0.3 is 28.5 Å². The third-order valence-electron chi connectivity index (χ3n) is 14.4. The molecule has 1 amide bonds. The van der Waals surface area contributed by atoms with E-state index in [9.17, 15) is 19.0 Å². The van der Waals surface area contributed by atoms with Gasteiger partial charge in [0.1, 0.15) is 19.3 Å². The molecular formula is C68H125N2O7P. The van der Waals surface area contributed by atoms with E-state index in [2.05, 4.69) is 86.8 Å². The molecule has 0 aromatic heterocycles. The standard InChI is InChI=1S/C68H125N2O7P/c1-7-10-13-16-19-22-25-28-30-31-32-33-34-35-36-37-38-39-40-42-45-48-51-54-57-60-67(71)69-65(64-76-78(73,74)75-63-62-70(4,5)6)66(59-56-53-50-47-44-41-27-24-21-18-15-12-9-3)77-68(72)61-58-55-52-49-46-43-29-26-23-20-17-14-11-8-2/h10,13,19,22,28,30,32-33,35-36,56,59,65-66H,7-9,11-12,14-18,20-21,23-27,29,31,34,37-55,57-58,60-64H2,1-6H3,(H-,69,71,73,74)/b13-10-,22-19-,30-28-,33-32-,36-35-,59-56-. The van der Waals surface area contributed by atoms with Gasteiger partial charge in [-0.25, -0.2) is 0 Å². The normalized spacial score (nSPS) is 14.1. The number of nitrogens with zero attached hydrogens (tertiary/aromatic N) is 1. The molecule has 0 bridgehead atoms. The molecule has 0 aromatic carbocycles.